The number of rotatable bonds is 3. The number of hydrogen-bond donors (Lipinski definition) is 2. The quantitative estimate of drug-likeness (QED) is 0.716. The first-order valence-corrected chi connectivity index (χ1v) is 7.44. The summed E-state index contributed by atoms with van der Waals surface area (Å²) in [5.74, 6) is 0.644. The topological polar surface area (TPSA) is 63.8 Å². The molecule has 112 valence electrons. The number of benzene rings is 2. The molecule has 3 aromatic rings. The Hall–Kier alpha value is -2.62. The Morgan fingerprint density at radius 2 is 1.82 bits per heavy atom. The van der Waals surface area contributed by atoms with Crippen molar-refractivity contribution >= 4 is 22.5 Å². The predicted octanol–water partition coefficient (Wildman–Crippen LogP) is 4.01. The summed E-state index contributed by atoms with van der Waals surface area (Å²) < 4.78 is 0. The third kappa shape index (κ3) is 2.72. The lowest BCUT2D eigenvalue weighted by Crippen LogP contribution is -2.13. The highest BCUT2D eigenvalue weighted by atomic mass is 15.1. The van der Waals surface area contributed by atoms with Gasteiger partial charge in [0.05, 0.1) is 11.2 Å². The van der Waals surface area contributed by atoms with Gasteiger partial charge in [0, 0.05) is 22.7 Å². The van der Waals surface area contributed by atoms with E-state index in [1.165, 1.54) is 0 Å². The second kappa shape index (κ2) is 5.64. The van der Waals surface area contributed by atoms with Crippen molar-refractivity contribution in [1.82, 2.24) is 9.97 Å². The molecule has 22 heavy (non-hydrogen) atoms. The lowest BCUT2D eigenvalue weighted by molar-refractivity contribution is 0.878. The summed E-state index contributed by atoms with van der Waals surface area (Å²) in [6, 6.07) is 14.2. The predicted molar refractivity (Wildman–Crippen MR) is 92.9 cm³/mol. The molecule has 0 aliphatic carbocycles. The van der Waals surface area contributed by atoms with Crippen LogP contribution >= 0.6 is 0 Å². The molecule has 0 aliphatic heterocycles. The van der Waals surface area contributed by atoms with Crippen LogP contribution in [0.5, 0.6) is 0 Å². The number of para-hydroxylation sites is 1. The number of fused-ring (bicyclic) bond motifs is 1. The van der Waals surface area contributed by atoms with Crippen molar-refractivity contribution in [2.45, 2.75) is 26.8 Å². The Morgan fingerprint density at radius 1 is 1.05 bits per heavy atom. The largest absolute Gasteiger partial charge is 0.399 e. The van der Waals surface area contributed by atoms with Crippen LogP contribution < -0.4 is 11.1 Å². The maximum Gasteiger partial charge on any atom is 0.224 e. The zero-order valence-corrected chi connectivity index (χ0v) is 13.1. The fraction of sp³-hybridized carbons (Fsp3) is 0.222. The highest BCUT2D eigenvalue weighted by Crippen LogP contribution is 2.30. The second-order valence-electron chi connectivity index (χ2n) is 5.79. The molecule has 3 N–H and O–H groups in total. The molecule has 4 heteroatoms. The van der Waals surface area contributed by atoms with Gasteiger partial charge in [0.2, 0.25) is 5.95 Å². The Bertz CT molecular complexity index is 824. The van der Waals surface area contributed by atoms with Crippen LogP contribution in [0.4, 0.5) is 11.6 Å². The van der Waals surface area contributed by atoms with Gasteiger partial charge in [0.15, 0.2) is 0 Å². The standard InChI is InChI=1S/C18H20N4/c1-11(2)20-18-21-16-7-5-4-6-14(16)17(22-18)15-10-13(19)9-8-12(15)3/h4-11H,19H2,1-3H3,(H,20,21,22). The normalized spacial score (nSPS) is 11.1. The fourth-order valence-corrected chi connectivity index (χ4v) is 2.50. The number of nitrogens with zero attached hydrogens (tertiary/aromatic N) is 2. The second-order valence-corrected chi connectivity index (χ2v) is 5.79. The van der Waals surface area contributed by atoms with Crippen molar-refractivity contribution in [2.75, 3.05) is 11.1 Å². The summed E-state index contributed by atoms with van der Waals surface area (Å²) in [7, 11) is 0. The number of anilines is 2. The van der Waals surface area contributed by atoms with Gasteiger partial charge >= 0.3 is 0 Å². The summed E-state index contributed by atoms with van der Waals surface area (Å²) in [5.41, 5.74) is 10.7. The number of nitrogens with one attached hydrogen (secondary N) is 1. The van der Waals surface area contributed by atoms with Crippen molar-refractivity contribution < 1.29 is 0 Å². The van der Waals surface area contributed by atoms with Crippen LogP contribution in [0.25, 0.3) is 22.2 Å². The molecule has 0 fully saturated rings. The van der Waals surface area contributed by atoms with Crippen LogP contribution in [0, 0.1) is 6.92 Å². The number of aromatic nitrogens is 2. The van der Waals surface area contributed by atoms with E-state index in [0.717, 1.165) is 33.4 Å². The van der Waals surface area contributed by atoms with E-state index in [1.54, 1.807) is 0 Å². The average molecular weight is 292 g/mol. The van der Waals surface area contributed by atoms with Gasteiger partial charge in [-0.1, -0.05) is 24.3 Å². The van der Waals surface area contributed by atoms with Gasteiger partial charge in [0.1, 0.15) is 0 Å². The highest BCUT2D eigenvalue weighted by molar-refractivity contribution is 5.94. The van der Waals surface area contributed by atoms with E-state index in [4.69, 9.17) is 10.7 Å². The van der Waals surface area contributed by atoms with Crippen LogP contribution in [-0.4, -0.2) is 16.0 Å². The lowest BCUT2D eigenvalue weighted by atomic mass is 10.0. The van der Waals surface area contributed by atoms with E-state index in [-0.39, 0.29) is 6.04 Å². The van der Waals surface area contributed by atoms with Crippen molar-refractivity contribution in [3.8, 4) is 11.3 Å². The lowest BCUT2D eigenvalue weighted by Gasteiger charge is -2.14. The van der Waals surface area contributed by atoms with Crippen LogP contribution in [0.1, 0.15) is 19.4 Å². The molecule has 0 amide bonds. The number of hydrogen-bond acceptors (Lipinski definition) is 4. The minimum Gasteiger partial charge on any atom is -0.399 e. The first-order chi connectivity index (χ1) is 10.5. The number of aryl methyl sites for hydroxylation is 1. The van der Waals surface area contributed by atoms with Crippen molar-refractivity contribution in [3.63, 3.8) is 0 Å². The van der Waals surface area contributed by atoms with Crippen LogP contribution in [0.15, 0.2) is 42.5 Å². The van der Waals surface area contributed by atoms with Gasteiger partial charge in [-0.05, 0) is 44.5 Å². The first-order valence-electron chi connectivity index (χ1n) is 7.44. The third-order valence-corrected chi connectivity index (χ3v) is 3.54. The van der Waals surface area contributed by atoms with E-state index in [1.807, 2.05) is 42.5 Å². The fourth-order valence-electron chi connectivity index (χ4n) is 2.50. The van der Waals surface area contributed by atoms with Crippen molar-refractivity contribution in [2.24, 2.45) is 0 Å². The minimum absolute atomic E-state index is 0.274. The number of nitrogens with two attached hydrogens (primary N) is 1. The maximum absolute atomic E-state index is 5.97. The molecular formula is C18H20N4. The van der Waals surface area contributed by atoms with Crippen LogP contribution in [0.2, 0.25) is 0 Å². The SMILES string of the molecule is Cc1ccc(N)cc1-c1nc(NC(C)C)nc2ccccc12. The molecule has 3 rings (SSSR count). The van der Waals surface area contributed by atoms with Crippen LogP contribution in [0.3, 0.4) is 0 Å². The molecule has 0 spiro atoms. The van der Waals surface area contributed by atoms with Gasteiger partial charge in [-0.2, -0.15) is 0 Å². The molecule has 1 aromatic heterocycles. The molecule has 0 saturated heterocycles. The van der Waals surface area contributed by atoms with Crippen LogP contribution in [-0.2, 0) is 0 Å². The molecule has 0 atom stereocenters. The summed E-state index contributed by atoms with van der Waals surface area (Å²) >= 11 is 0. The molecule has 0 aliphatic rings. The van der Waals surface area contributed by atoms with E-state index < -0.39 is 0 Å². The maximum atomic E-state index is 5.97. The zero-order chi connectivity index (χ0) is 15.7. The monoisotopic (exact) mass is 292 g/mol. The van der Waals surface area contributed by atoms with E-state index in [0.29, 0.717) is 5.95 Å². The van der Waals surface area contributed by atoms with Crippen molar-refractivity contribution in [3.05, 3.63) is 48.0 Å². The Morgan fingerprint density at radius 3 is 2.59 bits per heavy atom. The Balaban J connectivity index is 2.28. The Labute approximate surface area is 130 Å². The van der Waals surface area contributed by atoms with Gasteiger partial charge in [-0.25, -0.2) is 9.97 Å². The summed E-state index contributed by atoms with van der Waals surface area (Å²) in [4.78, 5) is 9.34. The molecule has 2 aromatic carbocycles. The molecule has 0 unspecified atom stereocenters. The summed E-state index contributed by atoms with van der Waals surface area (Å²) in [5, 5.41) is 4.32. The minimum atomic E-state index is 0.274. The smallest absolute Gasteiger partial charge is 0.224 e. The third-order valence-electron chi connectivity index (χ3n) is 3.54. The van der Waals surface area contributed by atoms with E-state index in [2.05, 4.69) is 31.1 Å². The van der Waals surface area contributed by atoms with E-state index >= 15 is 0 Å². The van der Waals surface area contributed by atoms with Gasteiger partial charge in [0.25, 0.3) is 0 Å². The van der Waals surface area contributed by atoms with Gasteiger partial charge in [-0.15, -0.1) is 0 Å². The zero-order valence-electron chi connectivity index (χ0n) is 13.1. The average Bonchev–Trinajstić information content (AvgIpc) is 2.48. The van der Waals surface area contributed by atoms with Crippen molar-refractivity contribution in [1.29, 1.82) is 0 Å². The molecule has 4 nitrogen and oxygen atoms in total. The molecule has 0 radical (unpaired) electrons. The van der Waals surface area contributed by atoms with Gasteiger partial charge < -0.3 is 11.1 Å². The Kier molecular flexibility index (Phi) is 3.67. The summed E-state index contributed by atoms with van der Waals surface area (Å²) in [6.07, 6.45) is 0. The molecule has 0 bridgehead atoms. The number of nitrogen functional groups attached to an aromatic ring is 1. The van der Waals surface area contributed by atoms with Gasteiger partial charge in [-0.3, -0.25) is 0 Å². The molecular weight excluding hydrogens is 272 g/mol. The van der Waals surface area contributed by atoms with E-state index in [9.17, 15) is 0 Å². The summed E-state index contributed by atoms with van der Waals surface area (Å²) in [6.45, 7) is 6.22. The molecule has 1 heterocycles. The first kappa shape index (κ1) is 14.3. The highest BCUT2D eigenvalue weighted by Gasteiger charge is 2.12. The molecule has 0 saturated carbocycles.